The molecule has 6 nitrogen and oxygen atoms in total. The van der Waals surface area contributed by atoms with Gasteiger partial charge < -0.3 is 9.75 Å². The average molecular weight is 391 g/mol. The van der Waals surface area contributed by atoms with Gasteiger partial charge in [0, 0.05) is 24.5 Å². The normalized spacial score (nSPS) is 14.9. The average Bonchev–Trinajstić information content (AvgIpc) is 2.75. The summed E-state index contributed by atoms with van der Waals surface area (Å²) in [7, 11) is 0. The van der Waals surface area contributed by atoms with Crippen LogP contribution in [0.5, 0.6) is 5.75 Å². The Morgan fingerprint density at radius 1 is 0.966 bits per heavy atom. The van der Waals surface area contributed by atoms with Gasteiger partial charge in [-0.3, -0.25) is 10.1 Å². The van der Waals surface area contributed by atoms with E-state index in [1.165, 1.54) is 5.56 Å². The highest BCUT2D eigenvalue weighted by molar-refractivity contribution is 5.99. The quantitative estimate of drug-likeness (QED) is 0.439. The van der Waals surface area contributed by atoms with Crippen molar-refractivity contribution in [2.75, 3.05) is 31.3 Å². The van der Waals surface area contributed by atoms with Gasteiger partial charge in [0.05, 0.1) is 22.5 Å². The summed E-state index contributed by atoms with van der Waals surface area (Å²) >= 11 is 0. The van der Waals surface area contributed by atoms with E-state index in [0.717, 1.165) is 49.3 Å². The fourth-order valence-corrected chi connectivity index (χ4v) is 3.88. The number of nitro benzene ring substituents is 1. The maximum atomic E-state index is 11.4. The van der Waals surface area contributed by atoms with E-state index in [0.29, 0.717) is 12.0 Å². The van der Waals surface area contributed by atoms with Crippen LogP contribution < -0.4 is 9.75 Å². The number of aryl methyl sites for hydroxylation is 1. The molecule has 0 aliphatic carbocycles. The fourth-order valence-electron chi connectivity index (χ4n) is 3.88. The highest BCUT2D eigenvalue weighted by Crippen LogP contribution is 2.35. The molecule has 0 radical (unpaired) electrons. The van der Waals surface area contributed by atoms with Gasteiger partial charge in [0.25, 0.3) is 5.69 Å². The summed E-state index contributed by atoms with van der Waals surface area (Å²) in [6.07, 6.45) is 2.23. The molecule has 6 heteroatoms. The minimum Gasteiger partial charge on any atom is -0.492 e. The van der Waals surface area contributed by atoms with Crippen LogP contribution in [0.15, 0.2) is 60.7 Å². The Balaban J connectivity index is 1.55. The largest absolute Gasteiger partial charge is 0.492 e. The lowest BCUT2D eigenvalue weighted by Crippen LogP contribution is -2.49. The first-order chi connectivity index (χ1) is 14.1. The Hall–Kier alpha value is -3.12. The summed E-state index contributed by atoms with van der Waals surface area (Å²) in [5, 5.41) is 17.6. The van der Waals surface area contributed by atoms with E-state index < -0.39 is 0 Å². The molecule has 1 saturated heterocycles. The number of hydrogen-bond acceptors (Lipinski definition) is 5. The first kappa shape index (κ1) is 19.2. The number of ether oxygens (including phenoxy) is 1. The first-order valence-electron chi connectivity index (χ1n) is 10.0. The van der Waals surface area contributed by atoms with Gasteiger partial charge in [0.1, 0.15) is 12.4 Å². The molecule has 0 spiro atoms. The highest BCUT2D eigenvalue weighted by Gasteiger charge is 2.24. The van der Waals surface area contributed by atoms with Crippen molar-refractivity contribution in [3.05, 3.63) is 76.3 Å². The molecule has 0 N–H and O–H groups in total. The van der Waals surface area contributed by atoms with Gasteiger partial charge in [0.2, 0.25) is 0 Å². The number of anilines is 1. The summed E-state index contributed by atoms with van der Waals surface area (Å²) in [6.45, 7) is 5.25. The lowest BCUT2D eigenvalue weighted by Gasteiger charge is -2.40. The minimum absolute atomic E-state index is 0.149. The summed E-state index contributed by atoms with van der Waals surface area (Å²) in [4.78, 5) is 11.1. The van der Waals surface area contributed by atoms with E-state index in [1.807, 2.05) is 54.6 Å². The van der Waals surface area contributed by atoms with E-state index in [4.69, 9.17) is 4.74 Å². The van der Waals surface area contributed by atoms with Crippen molar-refractivity contribution in [1.82, 2.24) is 5.01 Å². The fraction of sp³-hybridized carbons (Fsp3) is 0.304. The second-order valence-corrected chi connectivity index (χ2v) is 7.35. The van der Waals surface area contributed by atoms with Crippen LogP contribution in [0.2, 0.25) is 0 Å². The number of nitrogens with zero attached hydrogens (tertiary/aromatic N) is 3. The SMILES string of the molecule is Cc1ccc(OCCN2CCCCN2c2ccc([N+](=O)[O-])c3ccccc23)cc1. The molecule has 150 valence electrons. The molecule has 29 heavy (non-hydrogen) atoms. The van der Waals surface area contributed by atoms with Gasteiger partial charge in [-0.05, 0) is 44.0 Å². The molecule has 1 heterocycles. The predicted molar refractivity (Wildman–Crippen MR) is 115 cm³/mol. The molecule has 0 amide bonds. The number of fused-ring (bicyclic) bond motifs is 1. The lowest BCUT2D eigenvalue weighted by atomic mass is 10.1. The van der Waals surface area contributed by atoms with Crippen molar-refractivity contribution in [3.63, 3.8) is 0 Å². The highest BCUT2D eigenvalue weighted by atomic mass is 16.6. The van der Waals surface area contributed by atoms with Crippen molar-refractivity contribution in [1.29, 1.82) is 0 Å². The smallest absolute Gasteiger partial charge is 0.277 e. The van der Waals surface area contributed by atoms with E-state index in [-0.39, 0.29) is 10.6 Å². The maximum absolute atomic E-state index is 11.4. The van der Waals surface area contributed by atoms with Crippen molar-refractivity contribution < 1.29 is 9.66 Å². The number of hydrogen-bond donors (Lipinski definition) is 0. The van der Waals surface area contributed by atoms with Gasteiger partial charge in [-0.2, -0.15) is 0 Å². The van der Waals surface area contributed by atoms with Crippen LogP contribution in [0, 0.1) is 17.0 Å². The predicted octanol–water partition coefficient (Wildman–Crippen LogP) is 4.95. The maximum Gasteiger partial charge on any atom is 0.277 e. The van der Waals surface area contributed by atoms with Crippen molar-refractivity contribution >= 4 is 22.1 Å². The Morgan fingerprint density at radius 2 is 1.69 bits per heavy atom. The summed E-state index contributed by atoms with van der Waals surface area (Å²) in [6, 6.07) is 19.1. The number of non-ortho nitro benzene ring substituents is 1. The number of nitro groups is 1. The van der Waals surface area contributed by atoms with Crippen LogP contribution in [0.3, 0.4) is 0 Å². The van der Waals surface area contributed by atoms with Crippen LogP contribution in [-0.2, 0) is 0 Å². The Labute approximate surface area is 170 Å². The molecular formula is C23H25N3O3. The Morgan fingerprint density at radius 3 is 2.45 bits per heavy atom. The zero-order valence-electron chi connectivity index (χ0n) is 16.6. The number of hydrazine groups is 1. The van der Waals surface area contributed by atoms with Crippen molar-refractivity contribution in [3.8, 4) is 5.75 Å². The zero-order valence-corrected chi connectivity index (χ0v) is 16.6. The Bertz CT molecular complexity index is 1000. The van der Waals surface area contributed by atoms with Gasteiger partial charge in [-0.1, -0.05) is 35.9 Å². The standard InChI is InChI=1S/C23H25N3O3/c1-18-8-10-19(11-9-18)29-17-16-24-14-4-5-15-25(24)22-12-13-23(26(27)28)21-7-3-2-6-20(21)22/h2-3,6-13H,4-5,14-17H2,1H3. The molecule has 1 fully saturated rings. The minimum atomic E-state index is -0.310. The number of benzene rings is 3. The van der Waals surface area contributed by atoms with Crippen LogP contribution in [0.25, 0.3) is 10.8 Å². The summed E-state index contributed by atoms with van der Waals surface area (Å²) in [5.74, 6) is 0.875. The van der Waals surface area contributed by atoms with Crippen LogP contribution in [0.1, 0.15) is 18.4 Å². The van der Waals surface area contributed by atoms with Crippen molar-refractivity contribution in [2.45, 2.75) is 19.8 Å². The van der Waals surface area contributed by atoms with Gasteiger partial charge >= 0.3 is 0 Å². The van der Waals surface area contributed by atoms with E-state index in [2.05, 4.69) is 16.9 Å². The van der Waals surface area contributed by atoms with Crippen LogP contribution in [0.4, 0.5) is 11.4 Å². The van der Waals surface area contributed by atoms with E-state index in [1.54, 1.807) is 6.07 Å². The molecule has 0 unspecified atom stereocenters. The van der Waals surface area contributed by atoms with Gasteiger partial charge in [-0.25, -0.2) is 5.01 Å². The Kier molecular flexibility index (Phi) is 5.62. The zero-order chi connectivity index (χ0) is 20.2. The van der Waals surface area contributed by atoms with Gasteiger partial charge in [-0.15, -0.1) is 0 Å². The molecule has 4 rings (SSSR count). The third-order valence-corrected chi connectivity index (χ3v) is 5.37. The third kappa shape index (κ3) is 4.17. The molecule has 0 saturated carbocycles. The molecule has 0 aromatic heterocycles. The third-order valence-electron chi connectivity index (χ3n) is 5.37. The molecule has 0 atom stereocenters. The summed E-state index contributed by atoms with van der Waals surface area (Å²) < 4.78 is 5.93. The van der Waals surface area contributed by atoms with Crippen LogP contribution in [-0.4, -0.2) is 36.2 Å². The molecule has 3 aromatic carbocycles. The monoisotopic (exact) mass is 391 g/mol. The molecule has 1 aliphatic rings. The molecule has 3 aromatic rings. The van der Waals surface area contributed by atoms with Crippen LogP contribution >= 0.6 is 0 Å². The second-order valence-electron chi connectivity index (χ2n) is 7.35. The first-order valence-corrected chi connectivity index (χ1v) is 10.0. The lowest BCUT2D eigenvalue weighted by molar-refractivity contribution is -0.383. The molecule has 0 bridgehead atoms. The van der Waals surface area contributed by atoms with Crippen molar-refractivity contribution in [2.24, 2.45) is 0 Å². The molecular weight excluding hydrogens is 366 g/mol. The summed E-state index contributed by atoms with van der Waals surface area (Å²) in [5.41, 5.74) is 2.38. The second kappa shape index (κ2) is 8.49. The van der Waals surface area contributed by atoms with E-state index >= 15 is 0 Å². The topological polar surface area (TPSA) is 58.8 Å². The van der Waals surface area contributed by atoms with E-state index in [9.17, 15) is 10.1 Å². The number of rotatable bonds is 6. The van der Waals surface area contributed by atoms with Gasteiger partial charge in [0.15, 0.2) is 0 Å². The molecule has 1 aliphatic heterocycles.